The van der Waals surface area contributed by atoms with E-state index in [2.05, 4.69) is 5.10 Å². The van der Waals surface area contributed by atoms with Gasteiger partial charge in [0.25, 0.3) is 11.6 Å². The van der Waals surface area contributed by atoms with Crippen molar-refractivity contribution in [3.05, 3.63) is 39.9 Å². The Morgan fingerprint density at radius 3 is 2.88 bits per heavy atom. The summed E-state index contributed by atoms with van der Waals surface area (Å²) in [4.78, 5) is 20.7. The minimum Gasteiger partial charge on any atom is -0.386 e. The van der Waals surface area contributed by atoms with E-state index in [0.717, 1.165) is 6.21 Å². The lowest BCUT2D eigenvalue weighted by Gasteiger charge is -1.96. The fraction of sp³-hybridized carbons (Fsp3) is 0.111. The van der Waals surface area contributed by atoms with Crippen LogP contribution in [0, 0.1) is 10.1 Å². The highest BCUT2D eigenvalue weighted by molar-refractivity contribution is 5.86. The number of nitrogens with one attached hydrogen (secondary N) is 1. The van der Waals surface area contributed by atoms with Gasteiger partial charge < -0.3 is 5.11 Å². The number of amides is 1. The molecule has 16 heavy (non-hydrogen) atoms. The summed E-state index contributed by atoms with van der Waals surface area (Å²) in [5, 5.41) is 22.4. The van der Waals surface area contributed by atoms with Crippen LogP contribution in [0.1, 0.15) is 5.56 Å². The molecular formula is C9H9N3O4. The number of hydrogen-bond acceptors (Lipinski definition) is 5. The van der Waals surface area contributed by atoms with Gasteiger partial charge in [-0.25, -0.2) is 5.43 Å². The van der Waals surface area contributed by atoms with Crippen molar-refractivity contribution in [2.45, 2.75) is 0 Å². The van der Waals surface area contributed by atoms with E-state index >= 15 is 0 Å². The van der Waals surface area contributed by atoms with Gasteiger partial charge in [0.1, 0.15) is 6.61 Å². The van der Waals surface area contributed by atoms with Crippen molar-refractivity contribution in [2.24, 2.45) is 5.10 Å². The second kappa shape index (κ2) is 5.56. The number of rotatable bonds is 4. The van der Waals surface area contributed by atoms with Gasteiger partial charge >= 0.3 is 0 Å². The molecule has 0 atom stereocenters. The summed E-state index contributed by atoms with van der Waals surface area (Å²) in [6, 6.07) is 5.96. The third kappa shape index (κ3) is 3.14. The minimum atomic E-state index is -0.686. The molecule has 0 heterocycles. The Morgan fingerprint density at radius 2 is 2.25 bits per heavy atom. The molecule has 0 aliphatic heterocycles. The van der Waals surface area contributed by atoms with E-state index in [1.54, 1.807) is 6.07 Å². The van der Waals surface area contributed by atoms with E-state index in [4.69, 9.17) is 5.11 Å². The first-order chi connectivity index (χ1) is 7.65. The molecule has 0 bridgehead atoms. The minimum absolute atomic E-state index is 0.107. The van der Waals surface area contributed by atoms with Gasteiger partial charge in [0, 0.05) is 6.07 Å². The number of para-hydroxylation sites is 1. The Balaban J connectivity index is 2.80. The molecule has 1 aromatic rings. The standard InChI is InChI=1S/C9H9N3O4/c13-6-9(14)11-10-5-7-3-1-2-4-8(7)12(15)16/h1-5,13H,6H2,(H,11,14)/b10-5+. The zero-order valence-electron chi connectivity index (χ0n) is 8.16. The smallest absolute Gasteiger partial charge is 0.278 e. The third-order valence-electron chi connectivity index (χ3n) is 1.67. The van der Waals surface area contributed by atoms with Crippen molar-refractivity contribution in [2.75, 3.05) is 6.61 Å². The van der Waals surface area contributed by atoms with Crippen LogP contribution in [0.2, 0.25) is 0 Å². The van der Waals surface area contributed by atoms with Crippen molar-refractivity contribution in [1.82, 2.24) is 5.43 Å². The second-order valence-corrected chi connectivity index (χ2v) is 2.77. The largest absolute Gasteiger partial charge is 0.386 e. The van der Waals surface area contributed by atoms with Crippen LogP contribution in [0.5, 0.6) is 0 Å². The number of benzene rings is 1. The predicted molar refractivity (Wildman–Crippen MR) is 55.9 cm³/mol. The molecule has 2 N–H and O–H groups in total. The number of hydrogen-bond donors (Lipinski definition) is 2. The third-order valence-corrected chi connectivity index (χ3v) is 1.67. The van der Waals surface area contributed by atoms with Crippen LogP contribution in [0.4, 0.5) is 5.69 Å². The highest BCUT2D eigenvalue weighted by Gasteiger charge is 2.09. The first kappa shape index (κ1) is 11.8. The fourth-order valence-corrected chi connectivity index (χ4v) is 0.972. The summed E-state index contributed by atoms with van der Waals surface area (Å²) in [5.74, 6) is -0.685. The molecule has 0 unspecified atom stereocenters. The molecule has 0 saturated carbocycles. The van der Waals surface area contributed by atoms with Crippen LogP contribution in [0.15, 0.2) is 29.4 Å². The van der Waals surface area contributed by atoms with Crippen molar-refractivity contribution < 1.29 is 14.8 Å². The normalized spacial score (nSPS) is 10.3. The highest BCUT2D eigenvalue weighted by atomic mass is 16.6. The maximum absolute atomic E-state index is 10.6. The lowest BCUT2D eigenvalue weighted by molar-refractivity contribution is -0.385. The Morgan fingerprint density at radius 1 is 1.56 bits per heavy atom. The lowest BCUT2D eigenvalue weighted by atomic mass is 10.2. The lowest BCUT2D eigenvalue weighted by Crippen LogP contribution is -2.20. The first-order valence-electron chi connectivity index (χ1n) is 4.31. The molecule has 7 heteroatoms. The summed E-state index contributed by atoms with van der Waals surface area (Å²) in [6.07, 6.45) is 1.14. The number of nitro benzene ring substituents is 1. The molecule has 0 radical (unpaired) electrons. The van der Waals surface area contributed by atoms with E-state index in [9.17, 15) is 14.9 Å². The summed E-state index contributed by atoms with van der Waals surface area (Å²) in [5.41, 5.74) is 2.17. The average molecular weight is 223 g/mol. The van der Waals surface area contributed by atoms with Gasteiger partial charge in [0.15, 0.2) is 0 Å². The summed E-state index contributed by atoms with van der Waals surface area (Å²) in [6.45, 7) is -0.686. The zero-order valence-corrected chi connectivity index (χ0v) is 8.16. The highest BCUT2D eigenvalue weighted by Crippen LogP contribution is 2.14. The molecule has 0 fully saturated rings. The second-order valence-electron chi connectivity index (χ2n) is 2.77. The monoisotopic (exact) mass is 223 g/mol. The molecule has 7 nitrogen and oxygen atoms in total. The maximum Gasteiger partial charge on any atom is 0.278 e. The van der Waals surface area contributed by atoms with Crippen LogP contribution in [-0.2, 0) is 4.79 Å². The predicted octanol–water partition coefficient (Wildman–Crippen LogP) is 0.0372. The van der Waals surface area contributed by atoms with Crippen molar-refractivity contribution in [1.29, 1.82) is 0 Å². The topological polar surface area (TPSA) is 105 Å². The number of carbonyl (C=O) groups excluding carboxylic acids is 1. The van der Waals surface area contributed by atoms with E-state index < -0.39 is 17.4 Å². The van der Waals surface area contributed by atoms with E-state index in [0.29, 0.717) is 0 Å². The molecular weight excluding hydrogens is 214 g/mol. The van der Waals surface area contributed by atoms with Crippen LogP contribution in [0.25, 0.3) is 0 Å². The van der Waals surface area contributed by atoms with Gasteiger partial charge in [-0.3, -0.25) is 14.9 Å². The molecule has 1 aromatic carbocycles. The van der Waals surface area contributed by atoms with Crippen LogP contribution >= 0.6 is 0 Å². The summed E-state index contributed by atoms with van der Waals surface area (Å²) in [7, 11) is 0. The SMILES string of the molecule is O=C(CO)N/N=C/c1ccccc1[N+](=O)[O-]. The van der Waals surface area contributed by atoms with Crippen LogP contribution in [0.3, 0.4) is 0 Å². The average Bonchev–Trinajstić information content (AvgIpc) is 2.29. The van der Waals surface area contributed by atoms with Gasteiger partial charge in [0.05, 0.1) is 16.7 Å². The van der Waals surface area contributed by atoms with Crippen molar-refractivity contribution >= 4 is 17.8 Å². The first-order valence-corrected chi connectivity index (χ1v) is 4.31. The number of nitrogens with zero attached hydrogens (tertiary/aromatic N) is 2. The molecule has 0 aromatic heterocycles. The number of hydrazone groups is 1. The van der Waals surface area contributed by atoms with Gasteiger partial charge in [-0.1, -0.05) is 12.1 Å². The molecule has 0 saturated heterocycles. The van der Waals surface area contributed by atoms with Crippen LogP contribution in [-0.4, -0.2) is 28.8 Å². The summed E-state index contributed by atoms with van der Waals surface area (Å²) < 4.78 is 0. The Kier molecular flexibility index (Phi) is 4.10. The molecule has 0 aliphatic carbocycles. The van der Waals surface area contributed by atoms with E-state index in [-0.39, 0.29) is 11.3 Å². The van der Waals surface area contributed by atoms with Gasteiger partial charge in [-0.2, -0.15) is 5.10 Å². The number of aliphatic hydroxyl groups is 1. The van der Waals surface area contributed by atoms with Crippen molar-refractivity contribution in [3.8, 4) is 0 Å². The zero-order chi connectivity index (χ0) is 12.0. The molecule has 84 valence electrons. The van der Waals surface area contributed by atoms with Crippen molar-refractivity contribution in [3.63, 3.8) is 0 Å². The Hall–Kier alpha value is -2.28. The molecule has 0 spiro atoms. The summed E-state index contributed by atoms with van der Waals surface area (Å²) >= 11 is 0. The van der Waals surface area contributed by atoms with E-state index in [1.807, 2.05) is 5.43 Å². The quantitative estimate of drug-likeness (QED) is 0.427. The molecule has 1 rings (SSSR count). The number of carbonyl (C=O) groups is 1. The molecule has 0 aliphatic rings. The fourth-order valence-electron chi connectivity index (χ4n) is 0.972. The Labute approximate surface area is 90.6 Å². The van der Waals surface area contributed by atoms with Gasteiger partial charge in [-0.15, -0.1) is 0 Å². The molecule has 1 amide bonds. The number of aliphatic hydroxyl groups excluding tert-OH is 1. The van der Waals surface area contributed by atoms with E-state index in [1.165, 1.54) is 18.2 Å². The van der Waals surface area contributed by atoms with Gasteiger partial charge in [0.2, 0.25) is 0 Å². The van der Waals surface area contributed by atoms with Crippen LogP contribution < -0.4 is 5.43 Å². The van der Waals surface area contributed by atoms with Gasteiger partial charge in [-0.05, 0) is 6.07 Å². The maximum atomic E-state index is 10.6. The number of nitro groups is 1. The Bertz CT molecular complexity index is 431.